The second kappa shape index (κ2) is 6.91. The average molecular weight is 329 g/mol. The van der Waals surface area contributed by atoms with Crippen molar-refractivity contribution in [2.45, 2.75) is 44.9 Å². The molecule has 0 radical (unpaired) electrons. The van der Waals surface area contributed by atoms with Crippen molar-refractivity contribution in [2.75, 3.05) is 13.1 Å². The fourth-order valence-electron chi connectivity index (χ4n) is 2.95. The Labute approximate surface area is 134 Å². The van der Waals surface area contributed by atoms with Crippen molar-refractivity contribution in [3.05, 3.63) is 35.4 Å². The summed E-state index contributed by atoms with van der Waals surface area (Å²) >= 11 is 0. The number of nitrogens with zero attached hydrogens (tertiary/aromatic N) is 1. The van der Waals surface area contributed by atoms with Crippen LogP contribution >= 0.6 is 0 Å². The number of amides is 1. The van der Waals surface area contributed by atoms with E-state index in [9.17, 15) is 23.1 Å². The number of alkyl halides is 3. The maximum atomic E-state index is 12.9. The summed E-state index contributed by atoms with van der Waals surface area (Å²) in [7, 11) is 0. The lowest BCUT2D eigenvalue weighted by Crippen LogP contribution is -2.47. The summed E-state index contributed by atoms with van der Waals surface area (Å²) in [5.41, 5.74) is -0.367. The van der Waals surface area contributed by atoms with Crippen LogP contribution in [0.1, 0.15) is 43.7 Å². The molecule has 1 saturated heterocycles. The topological polar surface area (TPSA) is 40.5 Å². The minimum absolute atomic E-state index is 0.132. The summed E-state index contributed by atoms with van der Waals surface area (Å²) in [6.45, 7) is 4.49. The molecule has 1 fully saturated rings. The highest BCUT2D eigenvalue weighted by Gasteiger charge is 2.34. The van der Waals surface area contributed by atoms with Gasteiger partial charge in [-0.05, 0) is 30.4 Å². The van der Waals surface area contributed by atoms with Crippen LogP contribution in [-0.4, -0.2) is 35.1 Å². The first kappa shape index (κ1) is 17.8. The molecule has 1 aliphatic rings. The highest BCUT2D eigenvalue weighted by Crippen LogP contribution is 2.33. The second-order valence-electron chi connectivity index (χ2n) is 6.20. The monoisotopic (exact) mass is 329 g/mol. The molecule has 6 heteroatoms. The molecule has 1 amide bonds. The van der Waals surface area contributed by atoms with E-state index in [4.69, 9.17) is 0 Å². The van der Waals surface area contributed by atoms with Crippen molar-refractivity contribution in [1.29, 1.82) is 0 Å². The number of aliphatic hydroxyl groups is 1. The lowest BCUT2D eigenvalue weighted by Gasteiger charge is -2.36. The summed E-state index contributed by atoms with van der Waals surface area (Å²) in [4.78, 5) is 14.2. The van der Waals surface area contributed by atoms with E-state index in [0.717, 1.165) is 12.1 Å². The van der Waals surface area contributed by atoms with Crippen LogP contribution in [0.25, 0.3) is 0 Å². The molecule has 3 atom stereocenters. The Morgan fingerprint density at radius 1 is 1.43 bits per heavy atom. The van der Waals surface area contributed by atoms with Gasteiger partial charge in [-0.2, -0.15) is 13.2 Å². The molecule has 0 aromatic heterocycles. The number of carbonyl (C=O) groups excluding carboxylic acids is 1. The van der Waals surface area contributed by atoms with Gasteiger partial charge in [-0.3, -0.25) is 4.79 Å². The number of halogens is 3. The van der Waals surface area contributed by atoms with E-state index >= 15 is 0 Å². The Morgan fingerprint density at radius 2 is 2.13 bits per heavy atom. The van der Waals surface area contributed by atoms with Gasteiger partial charge in [0.2, 0.25) is 5.91 Å². The third kappa shape index (κ3) is 4.05. The molecule has 1 N–H and O–H groups in total. The van der Waals surface area contributed by atoms with Gasteiger partial charge in [0.15, 0.2) is 0 Å². The Balaban J connectivity index is 2.21. The van der Waals surface area contributed by atoms with Crippen LogP contribution in [0, 0.1) is 5.92 Å². The first-order valence-corrected chi connectivity index (χ1v) is 7.88. The highest BCUT2D eigenvalue weighted by atomic mass is 19.4. The predicted octanol–water partition coefficient (Wildman–Crippen LogP) is 3.43. The molecule has 1 heterocycles. The van der Waals surface area contributed by atoms with Crippen LogP contribution in [0.2, 0.25) is 0 Å². The van der Waals surface area contributed by atoms with Gasteiger partial charge in [0, 0.05) is 13.1 Å². The molecule has 0 aliphatic carbocycles. The molecule has 0 spiro atoms. The van der Waals surface area contributed by atoms with E-state index in [1.165, 1.54) is 6.07 Å². The van der Waals surface area contributed by atoms with Crippen LogP contribution in [0.15, 0.2) is 24.3 Å². The Morgan fingerprint density at radius 3 is 2.70 bits per heavy atom. The van der Waals surface area contributed by atoms with Crippen LogP contribution < -0.4 is 0 Å². The minimum Gasteiger partial charge on any atom is -0.391 e. The van der Waals surface area contributed by atoms with Crippen molar-refractivity contribution in [2.24, 2.45) is 5.92 Å². The third-order valence-corrected chi connectivity index (χ3v) is 4.55. The van der Waals surface area contributed by atoms with Gasteiger partial charge in [-0.25, -0.2) is 0 Å². The number of likely N-dealkylation sites (tertiary alicyclic amines) is 1. The molecule has 1 aromatic carbocycles. The highest BCUT2D eigenvalue weighted by molar-refractivity contribution is 5.84. The number of hydrogen-bond acceptors (Lipinski definition) is 2. The first-order chi connectivity index (χ1) is 10.7. The van der Waals surface area contributed by atoms with Crippen molar-refractivity contribution < 1.29 is 23.1 Å². The van der Waals surface area contributed by atoms with Gasteiger partial charge in [-0.1, -0.05) is 32.0 Å². The van der Waals surface area contributed by atoms with E-state index in [0.29, 0.717) is 24.9 Å². The summed E-state index contributed by atoms with van der Waals surface area (Å²) in [6.07, 6.45) is -3.88. The zero-order valence-corrected chi connectivity index (χ0v) is 13.3. The zero-order chi connectivity index (χ0) is 17.2. The quantitative estimate of drug-likeness (QED) is 0.923. The lowest BCUT2D eigenvalue weighted by atomic mass is 9.90. The average Bonchev–Trinajstić information content (AvgIpc) is 2.50. The van der Waals surface area contributed by atoms with Gasteiger partial charge in [0.1, 0.15) is 0 Å². The van der Waals surface area contributed by atoms with Crippen molar-refractivity contribution in [1.82, 2.24) is 4.90 Å². The van der Waals surface area contributed by atoms with E-state index in [2.05, 4.69) is 0 Å². The SMILES string of the molecule is CCC(C(=O)N1CCC(C)C(O)C1)c1cccc(C(F)(F)F)c1. The summed E-state index contributed by atoms with van der Waals surface area (Å²) in [5.74, 6) is -0.691. The molecular weight excluding hydrogens is 307 g/mol. The van der Waals surface area contributed by atoms with Crippen LogP contribution in [-0.2, 0) is 11.0 Å². The zero-order valence-electron chi connectivity index (χ0n) is 13.3. The Hall–Kier alpha value is -1.56. The molecular formula is C17H22F3NO2. The maximum absolute atomic E-state index is 12.9. The predicted molar refractivity (Wildman–Crippen MR) is 80.8 cm³/mol. The number of hydrogen-bond donors (Lipinski definition) is 1. The first-order valence-electron chi connectivity index (χ1n) is 7.88. The number of piperidine rings is 1. The summed E-state index contributed by atoms with van der Waals surface area (Å²) in [5, 5.41) is 9.93. The van der Waals surface area contributed by atoms with Gasteiger partial charge in [-0.15, -0.1) is 0 Å². The molecule has 2 rings (SSSR count). The van der Waals surface area contributed by atoms with E-state index in [1.54, 1.807) is 17.9 Å². The van der Waals surface area contributed by atoms with Crippen LogP contribution in [0.4, 0.5) is 13.2 Å². The second-order valence-corrected chi connectivity index (χ2v) is 6.20. The van der Waals surface area contributed by atoms with Crippen molar-refractivity contribution in [3.63, 3.8) is 0 Å². The smallest absolute Gasteiger partial charge is 0.391 e. The summed E-state index contributed by atoms with van der Waals surface area (Å²) < 4.78 is 38.6. The molecule has 3 unspecified atom stereocenters. The van der Waals surface area contributed by atoms with Crippen molar-refractivity contribution >= 4 is 5.91 Å². The molecule has 1 aliphatic heterocycles. The Kier molecular flexibility index (Phi) is 5.34. The molecule has 23 heavy (non-hydrogen) atoms. The Bertz CT molecular complexity index is 559. The molecule has 128 valence electrons. The molecule has 0 bridgehead atoms. The maximum Gasteiger partial charge on any atom is 0.416 e. The molecule has 0 saturated carbocycles. The number of benzene rings is 1. The van der Waals surface area contributed by atoms with Gasteiger partial charge < -0.3 is 10.0 Å². The third-order valence-electron chi connectivity index (χ3n) is 4.55. The van der Waals surface area contributed by atoms with Gasteiger partial charge in [0.05, 0.1) is 17.6 Å². The largest absolute Gasteiger partial charge is 0.416 e. The number of carbonyl (C=O) groups is 1. The van der Waals surface area contributed by atoms with Crippen molar-refractivity contribution in [3.8, 4) is 0 Å². The minimum atomic E-state index is -4.42. The molecule has 1 aromatic rings. The van der Waals surface area contributed by atoms with Gasteiger partial charge in [0.25, 0.3) is 0 Å². The van der Waals surface area contributed by atoms with E-state index < -0.39 is 23.8 Å². The number of β-amino-alcohol motifs (C(OH)–C–C–N with tert-alkyl or cyclic N) is 1. The van der Waals surface area contributed by atoms with Gasteiger partial charge >= 0.3 is 6.18 Å². The number of rotatable bonds is 3. The lowest BCUT2D eigenvalue weighted by molar-refractivity contribution is -0.139. The normalized spacial score (nSPS) is 23.7. The van der Waals surface area contributed by atoms with E-state index in [1.807, 2.05) is 6.92 Å². The number of aliphatic hydroxyl groups excluding tert-OH is 1. The fourth-order valence-corrected chi connectivity index (χ4v) is 2.95. The van der Waals surface area contributed by atoms with Crippen LogP contribution in [0.5, 0.6) is 0 Å². The fraction of sp³-hybridized carbons (Fsp3) is 0.588. The standard InChI is InChI=1S/C17H22F3NO2/c1-3-14(12-5-4-6-13(9-12)17(18,19)20)16(23)21-8-7-11(2)15(22)10-21/h4-6,9,11,14-15,22H,3,7-8,10H2,1-2H3. The summed E-state index contributed by atoms with van der Waals surface area (Å²) in [6, 6.07) is 4.95. The van der Waals surface area contributed by atoms with Crippen LogP contribution in [0.3, 0.4) is 0 Å². The molecule has 3 nitrogen and oxygen atoms in total. The van der Waals surface area contributed by atoms with E-state index in [-0.39, 0.29) is 18.4 Å².